The molecular formula is C25H31N5. The number of imidazole rings is 1. The van der Waals surface area contributed by atoms with Gasteiger partial charge in [-0.15, -0.1) is 0 Å². The lowest BCUT2D eigenvalue weighted by Crippen LogP contribution is -2.34. The van der Waals surface area contributed by atoms with Crippen molar-refractivity contribution in [1.82, 2.24) is 14.5 Å². The average molecular weight is 402 g/mol. The standard InChI is InChI=1S/C25H31N5/c1-2-14-28(15-3-1)17-7-18-30-23-11-5-9-21-8-4-10-22(24(21)23)25(30)27-12-6-16-29-19-13-26-20-29/h4-5,8-11,13,19-20H,1-3,6-7,12,14-18H2. The van der Waals surface area contributed by atoms with Crippen molar-refractivity contribution >= 4 is 22.3 Å². The van der Waals surface area contributed by atoms with E-state index in [4.69, 9.17) is 4.99 Å². The minimum Gasteiger partial charge on any atom is -0.337 e. The first-order chi connectivity index (χ1) is 14.9. The molecule has 0 atom stereocenters. The number of aliphatic imine (C=N–C) groups is 1. The van der Waals surface area contributed by atoms with Gasteiger partial charge in [0.25, 0.3) is 0 Å². The van der Waals surface area contributed by atoms with Gasteiger partial charge in [0, 0.05) is 43.0 Å². The highest BCUT2D eigenvalue weighted by molar-refractivity contribution is 6.27. The summed E-state index contributed by atoms with van der Waals surface area (Å²) in [5.74, 6) is 1.16. The van der Waals surface area contributed by atoms with Crippen LogP contribution in [0.25, 0.3) is 10.8 Å². The van der Waals surface area contributed by atoms with E-state index in [2.05, 4.69) is 55.7 Å². The number of piperidine rings is 1. The van der Waals surface area contributed by atoms with Crippen LogP contribution >= 0.6 is 0 Å². The quantitative estimate of drug-likeness (QED) is 0.519. The van der Waals surface area contributed by atoms with E-state index in [0.29, 0.717) is 0 Å². The molecule has 0 aliphatic carbocycles. The molecule has 1 fully saturated rings. The van der Waals surface area contributed by atoms with Crippen molar-refractivity contribution in [2.75, 3.05) is 37.6 Å². The Kier molecular flexibility index (Phi) is 5.80. The largest absolute Gasteiger partial charge is 0.337 e. The molecule has 3 aromatic rings. The summed E-state index contributed by atoms with van der Waals surface area (Å²) in [5.41, 5.74) is 2.62. The number of anilines is 1. The molecule has 0 spiro atoms. The molecule has 2 aliphatic rings. The Hall–Kier alpha value is -2.66. The summed E-state index contributed by atoms with van der Waals surface area (Å²) in [5, 5.41) is 2.68. The van der Waals surface area contributed by atoms with E-state index < -0.39 is 0 Å². The number of benzene rings is 2. The maximum absolute atomic E-state index is 5.10. The van der Waals surface area contributed by atoms with Crippen LogP contribution in [0.2, 0.25) is 0 Å². The molecule has 0 amide bonds. The lowest BCUT2D eigenvalue weighted by Gasteiger charge is -2.28. The van der Waals surface area contributed by atoms with Crippen LogP contribution in [0.5, 0.6) is 0 Å². The third-order valence-electron chi connectivity index (χ3n) is 6.37. The first-order valence-corrected chi connectivity index (χ1v) is 11.4. The fraction of sp³-hybridized carbons (Fsp3) is 0.440. The second-order valence-corrected chi connectivity index (χ2v) is 8.45. The maximum atomic E-state index is 5.10. The van der Waals surface area contributed by atoms with Crippen LogP contribution in [0.4, 0.5) is 5.69 Å². The van der Waals surface area contributed by atoms with Crippen LogP contribution in [-0.4, -0.2) is 53.0 Å². The summed E-state index contributed by atoms with van der Waals surface area (Å²) in [6, 6.07) is 13.3. The van der Waals surface area contributed by atoms with E-state index in [-0.39, 0.29) is 0 Å². The van der Waals surface area contributed by atoms with Crippen molar-refractivity contribution < 1.29 is 0 Å². The predicted molar refractivity (Wildman–Crippen MR) is 124 cm³/mol. The van der Waals surface area contributed by atoms with Gasteiger partial charge in [-0.3, -0.25) is 4.99 Å². The zero-order valence-electron chi connectivity index (χ0n) is 17.7. The Morgan fingerprint density at radius 3 is 2.60 bits per heavy atom. The zero-order chi connectivity index (χ0) is 20.2. The van der Waals surface area contributed by atoms with Crippen LogP contribution < -0.4 is 4.90 Å². The number of hydrogen-bond acceptors (Lipinski definition) is 3. The van der Waals surface area contributed by atoms with Crippen molar-refractivity contribution in [3.63, 3.8) is 0 Å². The highest BCUT2D eigenvalue weighted by atomic mass is 15.2. The second-order valence-electron chi connectivity index (χ2n) is 8.45. The van der Waals surface area contributed by atoms with Crippen molar-refractivity contribution in [1.29, 1.82) is 0 Å². The number of aryl methyl sites for hydroxylation is 1. The van der Waals surface area contributed by atoms with Crippen molar-refractivity contribution in [3.8, 4) is 0 Å². The van der Waals surface area contributed by atoms with E-state index in [1.807, 2.05) is 18.7 Å². The molecule has 5 rings (SSSR count). The minimum absolute atomic E-state index is 0.834. The van der Waals surface area contributed by atoms with Gasteiger partial charge in [0.2, 0.25) is 0 Å². The average Bonchev–Trinajstić information content (AvgIpc) is 3.41. The number of nitrogens with zero attached hydrogens (tertiary/aromatic N) is 5. The third-order valence-corrected chi connectivity index (χ3v) is 6.37. The Balaban J connectivity index is 1.32. The highest BCUT2D eigenvalue weighted by Crippen LogP contribution is 2.37. The van der Waals surface area contributed by atoms with Crippen LogP contribution in [0, 0.1) is 0 Å². The van der Waals surface area contributed by atoms with Crippen LogP contribution in [-0.2, 0) is 6.54 Å². The van der Waals surface area contributed by atoms with Gasteiger partial charge >= 0.3 is 0 Å². The molecule has 0 N–H and O–H groups in total. The van der Waals surface area contributed by atoms with Gasteiger partial charge in [-0.25, -0.2) is 4.98 Å². The van der Waals surface area contributed by atoms with Gasteiger partial charge < -0.3 is 14.4 Å². The van der Waals surface area contributed by atoms with E-state index in [9.17, 15) is 0 Å². The van der Waals surface area contributed by atoms with Gasteiger partial charge in [0.15, 0.2) is 0 Å². The Morgan fingerprint density at radius 1 is 0.900 bits per heavy atom. The van der Waals surface area contributed by atoms with Gasteiger partial charge in [-0.1, -0.05) is 36.8 Å². The molecule has 30 heavy (non-hydrogen) atoms. The van der Waals surface area contributed by atoms with Gasteiger partial charge in [0.05, 0.1) is 12.0 Å². The molecule has 0 saturated carbocycles. The van der Waals surface area contributed by atoms with Gasteiger partial charge in [0.1, 0.15) is 5.84 Å². The number of amidine groups is 1. The molecule has 5 heteroatoms. The number of hydrogen-bond donors (Lipinski definition) is 0. The molecular weight excluding hydrogens is 370 g/mol. The lowest BCUT2D eigenvalue weighted by atomic mass is 10.1. The third kappa shape index (κ3) is 3.99. The minimum atomic E-state index is 0.834. The first kappa shape index (κ1) is 19.3. The van der Waals surface area contributed by atoms with Gasteiger partial charge in [-0.2, -0.15) is 0 Å². The first-order valence-electron chi connectivity index (χ1n) is 11.4. The molecule has 0 unspecified atom stereocenters. The Bertz CT molecular complexity index is 996. The van der Waals surface area contributed by atoms with E-state index in [1.54, 1.807) is 0 Å². The van der Waals surface area contributed by atoms with Crippen LogP contribution in [0.3, 0.4) is 0 Å². The summed E-state index contributed by atoms with van der Waals surface area (Å²) < 4.78 is 2.13. The molecule has 0 radical (unpaired) electrons. The maximum Gasteiger partial charge on any atom is 0.136 e. The van der Waals surface area contributed by atoms with E-state index in [1.165, 1.54) is 67.3 Å². The number of rotatable bonds is 8. The molecule has 0 bridgehead atoms. The second kappa shape index (κ2) is 9.00. The summed E-state index contributed by atoms with van der Waals surface area (Å²) >= 11 is 0. The predicted octanol–water partition coefficient (Wildman–Crippen LogP) is 4.57. The normalized spacial score (nSPS) is 18.0. The topological polar surface area (TPSA) is 36.7 Å². The molecule has 2 aromatic carbocycles. The lowest BCUT2D eigenvalue weighted by molar-refractivity contribution is 0.228. The summed E-state index contributed by atoms with van der Waals surface area (Å²) in [7, 11) is 0. The van der Waals surface area contributed by atoms with Crippen molar-refractivity contribution in [2.45, 2.75) is 38.6 Å². The zero-order valence-corrected chi connectivity index (χ0v) is 17.7. The van der Waals surface area contributed by atoms with Crippen molar-refractivity contribution in [2.24, 2.45) is 4.99 Å². The van der Waals surface area contributed by atoms with Crippen molar-refractivity contribution in [3.05, 3.63) is 60.7 Å². The molecule has 1 aromatic heterocycles. The number of likely N-dealkylation sites (tertiary alicyclic amines) is 1. The summed E-state index contributed by atoms with van der Waals surface area (Å²) in [6.07, 6.45) is 12.1. The summed E-state index contributed by atoms with van der Waals surface area (Å²) in [6.45, 7) is 6.56. The monoisotopic (exact) mass is 401 g/mol. The SMILES string of the molecule is c1cc2c3c(cccc3c1)N(CCCN1CCCCC1)C2=NCCCn1ccnc1. The Labute approximate surface area is 179 Å². The molecule has 1 saturated heterocycles. The molecule has 5 nitrogen and oxygen atoms in total. The highest BCUT2D eigenvalue weighted by Gasteiger charge is 2.27. The smallest absolute Gasteiger partial charge is 0.136 e. The van der Waals surface area contributed by atoms with Crippen LogP contribution in [0.1, 0.15) is 37.7 Å². The Morgan fingerprint density at radius 2 is 1.77 bits per heavy atom. The fourth-order valence-electron chi connectivity index (χ4n) is 4.88. The number of aromatic nitrogens is 2. The van der Waals surface area contributed by atoms with E-state index >= 15 is 0 Å². The molecule has 156 valence electrons. The van der Waals surface area contributed by atoms with Gasteiger partial charge in [-0.05, 0) is 56.8 Å². The molecule has 2 aliphatic heterocycles. The van der Waals surface area contributed by atoms with E-state index in [0.717, 1.165) is 31.9 Å². The fourth-order valence-corrected chi connectivity index (χ4v) is 4.88. The summed E-state index contributed by atoms with van der Waals surface area (Å²) in [4.78, 5) is 14.3. The molecule has 3 heterocycles. The van der Waals surface area contributed by atoms with Crippen LogP contribution in [0.15, 0.2) is 60.1 Å².